The highest BCUT2D eigenvalue weighted by atomic mass is 35.5. The molecule has 2 aromatic carbocycles. The number of H-pyrrole nitrogens is 1. The van der Waals surface area contributed by atoms with E-state index in [0.29, 0.717) is 29.1 Å². The number of rotatable bonds is 9. The van der Waals surface area contributed by atoms with Crippen LogP contribution in [0.4, 0.5) is 17.1 Å². The molecule has 3 aromatic rings. The van der Waals surface area contributed by atoms with Gasteiger partial charge in [-0.1, -0.05) is 11.6 Å². The Kier molecular flexibility index (Phi) is 8.17. The minimum atomic E-state index is -0.219. The van der Waals surface area contributed by atoms with Gasteiger partial charge in [0.15, 0.2) is 5.15 Å². The lowest BCUT2D eigenvalue weighted by molar-refractivity contribution is 0.134. The van der Waals surface area contributed by atoms with Gasteiger partial charge in [0.25, 0.3) is 5.56 Å². The van der Waals surface area contributed by atoms with Gasteiger partial charge in [-0.05, 0) is 81.2 Å². The summed E-state index contributed by atoms with van der Waals surface area (Å²) in [7, 11) is 0. The first-order valence-electron chi connectivity index (χ1n) is 13.4. The Morgan fingerprint density at radius 2 is 1.78 bits per heavy atom. The average Bonchev–Trinajstić information content (AvgIpc) is 3.44. The zero-order valence-electron chi connectivity index (χ0n) is 21.9. The highest BCUT2D eigenvalue weighted by molar-refractivity contribution is 6.34. The lowest BCUT2D eigenvalue weighted by Gasteiger charge is -2.38. The van der Waals surface area contributed by atoms with Crippen LogP contribution in [0.1, 0.15) is 30.9 Å². The van der Waals surface area contributed by atoms with Crippen LogP contribution >= 0.6 is 11.6 Å². The second-order valence-electron chi connectivity index (χ2n) is 9.95. The third-order valence-electron chi connectivity index (χ3n) is 7.57. The zero-order valence-corrected chi connectivity index (χ0v) is 22.6. The molecule has 2 saturated heterocycles. The molecule has 0 unspecified atom stereocenters. The number of nitrogens with one attached hydrogen (secondary N) is 2. The topological polar surface area (TPSA) is 76.7 Å². The number of piperazine rings is 1. The molecule has 5 rings (SSSR count). The first-order chi connectivity index (χ1) is 18.0. The summed E-state index contributed by atoms with van der Waals surface area (Å²) in [5.41, 5.74) is 5.82. The summed E-state index contributed by atoms with van der Waals surface area (Å²) >= 11 is 6.27. The molecule has 8 nitrogen and oxygen atoms in total. The Morgan fingerprint density at radius 1 is 1.03 bits per heavy atom. The highest BCUT2D eigenvalue weighted by Crippen LogP contribution is 2.32. The van der Waals surface area contributed by atoms with Crippen molar-refractivity contribution in [1.29, 1.82) is 0 Å². The molecule has 0 radical (unpaired) electrons. The normalized spacial score (nSPS) is 16.6. The largest absolute Gasteiger partial charge is 0.383 e. The van der Waals surface area contributed by atoms with E-state index in [4.69, 9.17) is 16.3 Å². The number of ether oxygens (including phenoxy) is 1. The number of benzene rings is 2. The van der Waals surface area contributed by atoms with Crippen molar-refractivity contribution in [3.63, 3.8) is 0 Å². The van der Waals surface area contributed by atoms with Crippen molar-refractivity contribution in [3.8, 4) is 0 Å². The second-order valence-corrected chi connectivity index (χ2v) is 10.3. The summed E-state index contributed by atoms with van der Waals surface area (Å²) in [4.78, 5) is 19.5. The summed E-state index contributed by atoms with van der Waals surface area (Å²) in [5, 5.41) is 11.7. The van der Waals surface area contributed by atoms with Crippen LogP contribution in [0.2, 0.25) is 5.15 Å². The molecule has 37 heavy (non-hydrogen) atoms. The highest BCUT2D eigenvalue weighted by Gasteiger charge is 2.21. The van der Waals surface area contributed by atoms with Crippen LogP contribution in [0.15, 0.2) is 35.1 Å². The number of aromatic nitrogens is 2. The van der Waals surface area contributed by atoms with E-state index in [1.807, 2.05) is 25.1 Å². The van der Waals surface area contributed by atoms with E-state index in [1.54, 1.807) is 0 Å². The third kappa shape index (κ3) is 5.87. The van der Waals surface area contributed by atoms with E-state index in [1.165, 1.54) is 48.4 Å². The Morgan fingerprint density at radius 3 is 2.54 bits per heavy atom. The Labute approximate surface area is 223 Å². The minimum Gasteiger partial charge on any atom is -0.383 e. The van der Waals surface area contributed by atoms with Crippen LogP contribution in [0.25, 0.3) is 10.8 Å². The van der Waals surface area contributed by atoms with E-state index < -0.39 is 0 Å². The van der Waals surface area contributed by atoms with Gasteiger partial charge in [0.1, 0.15) is 0 Å². The average molecular weight is 525 g/mol. The van der Waals surface area contributed by atoms with Crippen LogP contribution in [-0.2, 0) is 11.3 Å². The lowest BCUT2D eigenvalue weighted by atomic mass is 10.1. The standard InChI is InChI=1S/C28H37ClN6O2/c1-3-37-19-21-16-25(30-8-11-33-9-4-5-10-33)20(2)26(17-21)35-14-12-34(13-15-35)22-6-7-23-24(18-22)27(29)31-32-28(23)36/h6-7,16-18,30H,3-5,8-15,19H2,1-2H3,(H,32,36). The molecule has 1 aromatic heterocycles. The van der Waals surface area contributed by atoms with Gasteiger partial charge in [0.05, 0.1) is 12.0 Å². The summed E-state index contributed by atoms with van der Waals surface area (Å²) in [5.74, 6) is 0. The summed E-state index contributed by atoms with van der Waals surface area (Å²) in [6, 6.07) is 10.4. The van der Waals surface area contributed by atoms with Crippen molar-refractivity contribution in [2.75, 3.05) is 74.1 Å². The van der Waals surface area contributed by atoms with Crippen molar-refractivity contribution in [2.24, 2.45) is 0 Å². The Bertz CT molecular complexity index is 1280. The van der Waals surface area contributed by atoms with Crippen LogP contribution in [0.3, 0.4) is 0 Å². The fourth-order valence-corrected chi connectivity index (χ4v) is 5.65. The van der Waals surface area contributed by atoms with Crippen LogP contribution in [-0.4, -0.2) is 74.1 Å². The van der Waals surface area contributed by atoms with E-state index in [0.717, 1.165) is 45.0 Å². The van der Waals surface area contributed by atoms with E-state index in [9.17, 15) is 4.79 Å². The fraction of sp³-hybridized carbons (Fsp3) is 0.500. The van der Waals surface area contributed by atoms with Crippen molar-refractivity contribution in [1.82, 2.24) is 15.1 Å². The van der Waals surface area contributed by atoms with Crippen molar-refractivity contribution >= 4 is 39.4 Å². The molecule has 0 saturated carbocycles. The number of likely N-dealkylation sites (tertiary alicyclic amines) is 1. The van der Waals surface area contributed by atoms with Gasteiger partial charge in [-0.25, -0.2) is 5.10 Å². The van der Waals surface area contributed by atoms with Crippen molar-refractivity contribution < 1.29 is 4.74 Å². The number of nitrogens with zero attached hydrogens (tertiary/aromatic N) is 4. The first-order valence-corrected chi connectivity index (χ1v) is 13.8. The SMILES string of the molecule is CCOCc1cc(NCCN2CCCC2)c(C)c(N2CCN(c3ccc4c(=O)[nH]nc(Cl)c4c3)CC2)c1. The molecule has 3 heterocycles. The number of aromatic amines is 1. The maximum atomic E-state index is 12.1. The molecule has 0 spiro atoms. The Hall–Kier alpha value is -2.81. The number of fused-ring (bicyclic) bond motifs is 1. The van der Waals surface area contributed by atoms with E-state index >= 15 is 0 Å². The summed E-state index contributed by atoms with van der Waals surface area (Å²) in [6.07, 6.45) is 2.64. The molecular weight excluding hydrogens is 488 g/mol. The number of hydrogen-bond donors (Lipinski definition) is 2. The Balaban J connectivity index is 1.30. The molecule has 2 aliphatic rings. The van der Waals surface area contributed by atoms with Gasteiger partial charge in [-0.2, -0.15) is 5.10 Å². The third-order valence-corrected chi connectivity index (χ3v) is 7.85. The quantitative estimate of drug-likeness (QED) is 0.433. The predicted octanol–water partition coefficient (Wildman–Crippen LogP) is 4.26. The first kappa shape index (κ1) is 25.8. The molecular formula is C28H37ClN6O2. The fourth-order valence-electron chi connectivity index (χ4n) is 5.45. The van der Waals surface area contributed by atoms with Crippen LogP contribution < -0.4 is 20.7 Å². The molecule has 2 N–H and O–H groups in total. The maximum Gasteiger partial charge on any atom is 0.272 e. The van der Waals surface area contributed by atoms with E-state index in [2.05, 4.69) is 49.3 Å². The van der Waals surface area contributed by atoms with E-state index in [-0.39, 0.29) is 5.56 Å². The van der Waals surface area contributed by atoms with Gasteiger partial charge in [-0.15, -0.1) is 0 Å². The molecule has 0 atom stereocenters. The van der Waals surface area contributed by atoms with Gasteiger partial charge in [-0.3, -0.25) is 4.79 Å². The number of anilines is 3. The smallest absolute Gasteiger partial charge is 0.272 e. The lowest BCUT2D eigenvalue weighted by Crippen LogP contribution is -2.46. The van der Waals surface area contributed by atoms with Gasteiger partial charge >= 0.3 is 0 Å². The predicted molar refractivity (Wildman–Crippen MR) is 152 cm³/mol. The van der Waals surface area contributed by atoms with Gasteiger partial charge in [0, 0.05) is 68.3 Å². The molecule has 2 aliphatic heterocycles. The molecule has 0 aliphatic carbocycles. The summed E-state index contributed by atoms with van der Waals surface area (Å²) < 4.78 is 5.77. The maximum absolute atomic E-state index is 12.1. The van der Waals surface area contributed by atoms with Crippen LogP contribution in [0, 0.1) is 6.92 Å². The van der Waals surface area contributed by atoms with Crippen molar-refractivity contribution in [3.05, 3.63) is 57.0 Å². The molecule has 9 heteroatoms. The van der Waals surface area contributed by atoms with Crippen LogP contribution in [0.5, 0.6) is 0 Å². The zero-order chi connectivity index (χ0) is 25.8. The molecule has 2 fully saturated rings. The minimum absolute atomic E-state index is 0.219. The molecule has 198 valence electrons. The second kappa shape index (κ2) is 11.7. The number of halogens is 1. The summed E-state index contributed by atoms with van der Waals surface area (Å²) in [6.45, 7) is 13.6. The van der Waals surface area contributed by atoms with Crippen molar-refractivity contribution in [2.45, 2.75) is 33.3 Å². The number of hydrogen-bond acceptors (Lipinski definition) is 7. The molecule has 0 bridgehead atoms. The van der Waals surface area contributed by atoms with Gasteiger partial charge in [0.2, 0.25) is 0 Å². The molecule has 0 amide bonds. The van der Waals surface area contributed by atoms with Gasteiger partial charge < -0.3 is 24.8 Å². The monoisotopic (exact) mass is 524 g/mol.